The second-order valence-electron chi connectivity index (χ2n) is 8.20. The number of carbonyl (C=O) groups excluding carboxylic acids is 1. The van der Waals surface area contributed by atoms with Gasteiger partial charge in [-0.05, 0) is 75.9 Å². The fraction of sp³-hybridized carbons (Fsp3) is 0.385. The number of hydrogen-bond donors (Lipinski definition) is 0. The second kappa shape index (κ2) is 9.74. The molecule has 5 nitrogen and oxygen atoms in total. The molecule has 0 saturated carbocycles. The Morgan fingerprint density at radius 1 is 1.12 bits per heavy atom. The largest absolute Gasteiger partial charge is 0.494 e. The van der Waals surface area contributed by atoms with E-state index < -0.39 is 6.10 Å². The molecule has 4 rings (SSSR count). The number of unbranched alkanes of at least 4 members (excludes halogenated alkanes) is 1. The number of benzene rings is 2. The number of anilines is 1. The topological polar surface area (TPSA) is 51.7 Å². The van der Waals surface area contributed by atoms with Gasteiger partial charge >= 0.3 is 0 Å². The molecular weight excluding hydrogens is 420 g/mol. The number of carbonyl (C=O) groups is 1. The van der Waals surface area contributed by atoms with Crippen LogP contribution in [0.2, 0.25) is 0 Å². The van der Waals surface area contributed by atoms with Gasteiger partial charge in [-0.3, -0.25) is 4.79 Å². The van der Waals surface area contributed by atoms with E-state index in [4.69, 9.17) is 9.47 Å². The summed E-state index contributed by atoms with van der Waals surface area (Å²) in [6.07, 6.45) is 1.94. The molecule has 1 aromatic heterocycles. The first-order valence-corrected chi connectivity index (χ1v) is 12.0. The molecule has 1 aliphatic rings. The lowest BCUT2D eigenvalue weighted by molar-refractivity contribution is -0.126. The molecule has 1 atom stereocenters. The molecule has 2 aromatic carbocycles. The number of amides is 1. The third-order valence-corrected chi connectivity index (χ3v) is 6.53. The number of aromatic nitrogens is 1. The van der Waals surface area contributed by atoms with Crippen LogP contribution in [-0.2, 0) is 4.79 Å². The van der Waals surface area contributed by atoms with Gasteiger partial charge in [0, 0.05) is 17.0 Å². The molecule has 0 N–H and O–H groups in total. The zero-order chi connectivity index (χ0) is 22.7. The number of fused-ring (bicyclic) bond motifs is 1. The summed E-state index contributed by atoms with van der Waals surface area (Å²) in [4.78, 5) is 20.9. The van der Waals surface area contributed by atoms with Crippen molar-refractivity contribution in [1.82, 2.24) is 4.98 Å². The van der Waals surface area contributed by atoms with E-state index in [1.54, 1.807) is 11.3 Å². The van der Waals surface area contributed by atoms with E-state index in [1.807, 2.05) is 55.1 Å². The van der Waals surface area contributed by atoms with Crippen molar-refractivity contribution in [3.8, 4) is 22.8 Å². The quantitative estimate of drug-likeness (QED) is 0.389. The molecular formula is C26H30N2O3S. The maximum Gasteiger partial charge on any atom is 0.268 e. The Bertz CT molecular complexity index is 1110. The van der Waals surface area contributed by atoms with Gasteiger partial charge in [0.05, 0.1) is 23.0 Å². The Balaban J connectivity index is 1.47. The lowest BCUT2D eigenvalue weighted by Crippen LogP contribution is -2.46. The lowest BCUT2D eigenvalue weighted by atomic mass is 10.1. The van der Waals surface area contributed by atoms with Crippen LogP contribution in [-0.4, -0.2) is 30.1 Å². The van der Waals surface area contributed by atoms with Gasteiger partial charge in [-0.2, -0.15) is 0 Å². The number of ether oxygens (including phenoxy) is 2. The molecule has 168 valence electrons. The highest BCUT2D eigenvalue weighted by atomic mass is 32.1. The van der Waals surface area contributed by atoms with Gasteiger partial charge in [-0.15, -0.1) is 11.3 Å². The smallest absolute Gasteiger partial charge is 0.268 e. The van der Waals surface area contributed by atoms with Crippen LogP contribution in [0.25, 0.3) is 11.3 Å². The van der Waals surface area contributed by atoms with E-state index in [9.17, 15) is 4.79 Å². The zero-order valence-corrected chi connectivity index (χ0v) is 20.0. The van der Waals surface area contributed by atoms with Crippen LogP contribution in [0.3, 0.4) is 0 Å². The summed E-state index contributed by atoms with van der Waals surface area (Å²) in [7, 11) is 0. The first kappa shape index (κ1) is 22.3. The molecule has 0 spiro atoms. The Labute approximate surface area is 194 Å². The van der Waals surface area contributed by atoms with Crippen molar-refractivity contribution in [3.05, 3.63) is 57.9 Å². The standard InChI is InChI=1S/C26H30N2O3S/c1-5-23-26(29)28(13-6-7-14-30-21-10-8-9-17(2)15-21)22-16-20(11-12-24(22)31-23)25-18(3)32-19(4)27-25/h8-12,15-16,23H,5-7,13-14H2,1-4H3. The molecule has 2 heterocycles. The molecule has 6 heteroatoms. The van der Waals surface area contributed by atoms with E-state index in [0.29, 0.717) is 19.6 Å². The fourth-order valence-electron chi connectivity index (χ4n) is 4.02. The maximum absolute atomic E-state index is 13.1. The average Bonchev–Trinajstić information content (AvgIpc) is 3.12. The van der Waals surface area contributed by atoms with E-state index in [2.05, 4.69) is 24.9 Å². The highest BCUT2D eigenvalue weighted by Gasteiger charge is 2.33. The molecule has 1 aliphatic heterocycles. The Morgan fingerprint density at radius 3 is 2.69 bits per heavy atom. The zero-order valence-electron chi connectivity index (χ0n) is 19.2. The van der Waals surface area contributed by atoms with Crippen molar-refractivity contribution < 1.29 is 14.3 Å². The SMILES string of the molecule is CCC1Oc2ccc(-c3nc(C)sc3C)cc2N(CCCCOc2cccc(C)c2)C1=O. The number of thiazole rings is 1. The molecule has 0 fully saturated rings. The Kier molecular flexibility index (Phi) is 6.80. The van der Waals surface area contributed by atoms with Crippen molar-refractivity contribution in [2.75, 3.05) is 18.1 Å². The summed E-state index contributed by atoms with van der Waals surface area (Å²) in [6, 6.07) is 14.1. The molecule has 3 aromatic rings. The summed E-state index contributed by atoms with van der Waals surface area (Å²) in [5.41, 5.74) is 4.02. The van der Waals surface area contributed by atoms with E-state index in [1.165, 1.54) is 10.4 Å². The molecule has 0 bridgehead atoms. The number of nitrogens with zero attached hydrogens (tertiary/aromatic N) is 2. The van der Waals surface area contributed by atoms with Crippen LogP contribution in [0, 0.1) is 20.8 Å². The minimum absolute atomic E-state index is 0.0305. The first-order valence-electron chi connectivity index (χ1n) is 11.2. The van der Waals surface area contributed by atoms with Crippen molar-refractivity contribution in [2.24, 2.45) is 0 Å². The predicted molar refractivity (Wildman–Crippen MR) is 130 cm³/mol. The van der Waals surface area contributed by atoms with Crippen LogP contribution in [0.4, 0.5) is 5.69 Å². The lowest BCUT2D eigenvalue weighted by Gasteiger charge is -2.34. The highest BCUT2D eigenvalue weighted by Crippen LogP contribution is 2.39. The van der Waals surface area contributed by atoms with Crippen molar-refractivity contribution in [2.45, 2.75) is 53.1 Å². The van der Waals surface area contributed by atoms with Gasteiger partial charge in [0.2, 0.25) is 0 Å². The third kappa shape index (κ3) is 4.80. The van der Waals surface area contributed by atoms with Gasteiger partial charge < -0.3 is 14.4 Å². The van der Waals surface area contributed by atoms with Crippen molar-refractivity contribution in [3.63, 3.8) is 0 Å². The summed E-state index contributed by atoms with van der Waals surface area (Å²) < 4.78 is 11.9. The minimum atomic E-state index is -0.430. The van der Waals surface area contributed by atoms with Gasteiger partial charge in [0.15, 0.2) is 6.10 Å². The Hall–Kier alpha value is -2.86. The normalized spacial score (nSPS) is 15.4. The summed E-state index contributed by atoms with van der Waals surface area (Å²) >= 11 is 1.69. The number of aryl methyl sites for hydroxylation is 3. The predicted octanol–water partition coefficient (Wildman–Crippen LogP) is 6.10. The third-order valence-electron chi connectivity index (χ3n) is 5.64. The molecule has 1 unspecified atom stereocenters. The highest BCUT2D eigenvalue weighted by molar-refractivity contribution is 7.11. The Morgan fingerprint density at radius 2 is 1.97 bits per heavy atom. The molecule has 0 saturated heterocycles. The number of rotatable bonds is 8. The summed E-state index contributed by atoms with van der Waals surface area (Å²) in [5.74, 6) is 1.69. The summed E-state index contributed by atoms with van der Waals surface area (Å²) in [6.45, 7) is 9.41. The monoisotopic (exact) mass is 450 g/mol. The average molecular weight is 451 g/mol. The van der Waals surface area contributed by atoms with Crippen LogP contribution in [0.5, 0.6) is 11.5 Å². The van der Waals surface area contributed by atoms with Gasteiger partial charge in [-0.25, -0.2) is 4.98 Å². The van der Waals surface area contributed by atoms with Crippen molar-refractivity contribution >= 4 is 22.9 Å². The maximum atomic E-state index is 13.1. The van der Waals surface area contributed by atoms with E-state index in [0.717, 1.165) is 46.3 Å². The van der Waals surface area contributed by atoms with Crippen LogP contribution in [0.15, 0.2) is 42.5 Å². The first-order chi connectivity index (χ1) is 15.5. The van der Waals surface area contributed by atoms with E-state index >= 15 is 0 Å². The van der Waals surface area contributed by atoms with Crippen LogP contribution >= 0.6 is 11.3 Å². The molecule has 1 amide bonds. The van der Waals surface area contributed by atoms with Gasteiger partial charge in [0.1, 0.15) is 11.5 Å². The summed E-state index contributed by atoms with van der Waals surface area (Å²) in [5, 5.41) is 1.04. The fourth-order valence-corrected chi connectivity index (χ4v) is 4.86. The van der Waals surface area contributed by atoms with Gasteiger partial charge in [-0.1, -0.05) is 19.1 Å². The molecule has 0 aliphatic carbocycles. The van der Waals surface area contributed by atoms with E-state index in [-0.39, 0.29) is 5.91 Å². The van der Waals surface area contributed by atoms with Crippen molar-refractivity contribution in [1.29, 1.82) is 0 Å². The van der Waals surface area contributed by atoms with Crippen LogP contribution in [0.1, 0.15) is 41.6 Å². The van der Waals surface area contributed by atoms with Gasteiger partial charge in [0.25, 0.3) is 5.91 Å². The minimum Gasteiger partial charge on any atom is -0.494 e. The van der Waals surface area contributed by atoms with Crippen LogP contribution < -0.4 is 14.4 Å². The molecule has 0 radical (unpaired) electrons. The molecule has 32 heavy (non-hydrogen) atoms. The second-order valence-corrected chi connectivity index (χ2v) is 9.60. The number of hydrogen-bond acceptors (Lipinski definition) is 5.